The maximum Gasteiger partial charge on any atom is 0.408 e. The maximum atomic E-state index is 14.6. The van der Waals surface area contributed by atoms with Crippen molar-refractivity contribution in [1.29, 1.82) is 0 Å². The first-order valence-electron chi connectivity index (χ1n) is 18.2. The Kier molecular flexibility index (Phi) is 18.1. The van der Waals surface area contributed by atoms with Crippen LogP contribution in [0.3, 0.4) is 0 Å². The lowest BCUT2D eigenvalue weighted by atomic mass is 10.0. The molecule has 0 radical (unpaired) electrons. The van der Waals surface area contributed by atoms with E-state index < -0.39 is 126 Å². The molecule has 5 rings (SSSR count). The van der Waals surface area contributed by atoms with Gasteiger partial charge in [0.1, 0.15) is 54.9 Å². The van der Waals surface area contributed by atoms with Crippen LogP contribution in [0.2, 0.25) is 0 Å². The van der Waals surface area contributed by atoms with E-state index in [9.17, 15) is 54.6 Å². The number of aliphatic hydroxyl groups excluding tert-OH is 4. The van der Waals surface area contributed by atoms with E-state index >= 15 is 0 Å². The summed E-state index contributed by atoms with van der Waals surface area (Å²) in [7, 11) is -4.43. The van der Waals surface area contributed by atoms with Crippen molar-refractivity contribution in [2.75, 3.05) is 39.6 Å². The van der Waals surface area contributed by atoms with Gasteiger partial charge in [0, 0.05) is 0 Å². The van der Waals surface area contributed by atoms with Gasteiger partial charge in [-0.25, -0.2) is 35.9 Å². The van der Waals surface area contributed by atoms with Crippen molar-refractivity contribution in [3.05, 3.63) is 29.8 Å². The van der Waals surface area contributed by atoms with E-state index in [1.54, 1.807) is 48.5 Å². The number of halogens is 6. The number of alkyl carbamates (subject to hydrolysis) is 2. The fraction of sp³-hybridized carbons (Fsp3) is 0.778. The molecule has 0 bridgehead atoms. The summed E-state index contributed by atoms with van der Waals surface area (Å²) in [6, 6.07) is 2.07. The molecule has 0 saturated carbocycles. The molecule has 7 N–H and O–H groups in total. The second-order valence-electron chi connectivity index (χ2n) is 16.2. The summed E-state index contributed by atoms with van der Waals surface area (Å²) in [4.78, 5) is 23.1. The van der Waals surface area contributed by atoms with Gasteiger partial charge in [-0.1, -0.05) is 25.1 Å². The summed E-state index contributed by atoms with van der Waals surface area (Å²) < 4.78 is 135. The molecule has 4 fully saturated rings. The number of hydrogen-bond acceptors (Lipinski definition) is 15. The Morgan fingerprint density at radius 2 is 1.23 bits per heavy atom. The standard InChI is InChI=1S/C18H25F2NO7S.C11H19F2NO5.C6H9F2NO2.CH4/c1-11-5-7-12(8-6-11)29(24,25)27-10-18(19,20)15-14(13(22)9-26-15)21-16(23)28-17(2,3)4;1-10(2,3)19-9(17)14-7-6(16)4-18-8(7)11(12,13)5-15;7-6(8)2-9-4-3(10)1-11-5(4)6;/h5-8,13-15,22H,9-10H2,1-4H3,(H,21,23);6-8,15-16H,4-5H2,1-3H3,(H,14,17);3-5,9-10H,1-2H2;1H4/t13-,14+,15-;6-,7+,8-;3-,4+,5-;/m000./s1. The Morgan fingerprint density at radius 3 is 1.65 bits per heavy atom. The van der Waals surface area contributed by atoms with Crippen LogP contribution in [0.5, 0.6) is 0 Å². The normalized spacial score (nSPS) is 28.9. The van der Waals surface area contributed by atoms with Crippen LogP contribution < -0.4 is 16.0 Å². The maximum absolute atomic E-state index is 14.6. The van der Waals surface area contributed by atoms with Crippen LogP contribution in [-0.4, -0.2) is 164 Å². The second-order valence-corrected chi connectivity index (χ2v) is 17.8. The van der Waals surface area contributed by atoms with Crippen LogP contribution in [0.4, 0.5) is 35.9 Å². The molecule has 0 aliphatic carbocycles. The third-order valence-electron chi connectivity index (χ3n) is 8.68. The molecule has 0 aromatic heterocycles. The average Bonchev–Trinajstić information content (AvgIpc) is 3.85. The molecule has 348 valence electrons. The summed E-state index contributed by atoms with van der Waals surface area (Å²) in [5.74, 6) is -10.2. The number of aryl methyl sites for hydroxylation is 1. The highest BCUT2D eigenvalue weighted by Gasteiger charge is 2.57. The number of carbonyl (C=O) groups is 2. The lowest BCUT2D eigenvalue weighted by Crippen LogP contribution is -2.55. The van der Waals surface area contributed by atoms with Gasteiger partial charge in [-0.05, 0) is 60.6 Å². The fourth-order valence-electron chi connectivity index (χ4n) is 5.92. The number of rotatable bonds is 9. The number of benzene rings is 1. The minimum atomic E-state index is -4.43. The highest BCUT2D eigenvalue weighted by molar-refractivity contribution is 7.86. The Hall–Kier alpha value is -3.07. The Labute approximate surface area is 344 Å². The number of alkyl halides is 6. The molecule has 4 saturated heterocycles. The van der Waals surface area contributed by atoms with Gasteiger partial charge in [0.05, 0.1) is 55.5 Å². The van der Waals surface area contributed by atoms with Gasteiger partial charge in [0.2, 0.25) is 0 Å². The third-order valence-corrected chi connectivity index (χ3v) is 9.96. The van der Waals surface area contributed by atoms with E-state index in [0.29, 0.717) is 0 Å². The van der Waals surface area contributed by atoms with Gasteiger partial charge >= 0.3 is 12.2 Å². The number of amides is 2. The summed E-state index contributed by atoms with van der Waals surface area (Å²) in [5, 5.41) is 44.0. The molecular formula is C36H57F6N3O14S. The van der Waals surface area contributed by atoms with Gasteiger partial charge in [-0.2, -0.15) is 8.42 Å². The van der Waals surface area contributed by atoms with Gasteiger partial charge in [-0.3, -0.25) is 4.18 Å². The minimum Gasteiger partial charge on any atom is -0.444 e. The van der Waals surface area contributed by atoms with E-state index in [1.807, 2.05) is 0 Å². The van der Waals surface area contributed by atoms with Crippen LogP contribution in [-0.2, 0) is 38.0 Å². The van der Waals surface area contributed by atoms with Crippen molar-refractivity contribution in [3.63, 3.8) is 0 Å². The van der Waals surface area contributed by atoms with Gasteiger partial charge < -0.3 is 60.1 Å². The SMILES string of the molecule is C.CC(C)(C)OC(=O)N[C@@H]1[C@@H](O)CO[C@@H]1C(F)(F)CO.Cc1ccc(S(=O)(=O)OCC(F)(F)[C@H]2OC[C@H](O)[C@H]2NC(=O)OC(C)(C)C)cc1.O[C@H]1CO[C@H]2[C@@H]1NCC2(F)F. The van der Waals surface area contributed by atoms with Crippen molar-refractivity contribution < 1.29 is 92.6 Å². The van der Waals surface area contributed by atoms with Crippen LogP contribution >= 0.6 is 0 Å². The van der Waals surface area contributed by atoms with Crippen molar-refractivity contribution in [1.82, 2.24) is 16.0 Å². The van der Waals surface area contributed by atoms with Crippen molar-refractivity contribution in [3.8, 4) is 0 Å². The highest BCUT2D eigenvalue weighted by atomic mass is 32.2. The quantitative estimate of drug-likeness (QED) is 0.139. The molecule has 4 aliphatic heterocycles. The van der Waals surface area contributed by atoms with E-state index in [0.717, 1.165) is 5.56 Å². The summed E-state index contributed by atoms with van der Waals surface area (Å²) in [6.45, 7) is 7.22. The lowest BCUT2D eigenvalue weighted by Gasteiger charge is -2.29. The number of nitrogens with one attached hydrogen (secondary N) is 3. The molecule has 0 spiro atoms. The second kappa shape index (κ2) is 20.4. The smallest absolute Gasteiger partial charge is 0.408 e. The predicted molar refractivity (Wildman–Crippen MR) is 198 cm³/mol. The molecule has 60 heavy (non-hydrogen) atoms. The zero-order valence-corrected chi connectivity index (χ0v) is 34.1. The van der Waals surface area contributed by atoms with Crippen LogP contribution in [0.25, 0.3) is 0 Å². The molecule has 17 nitrogen and oxygen atoms in total. The Balaban J connectivity index is 0.000000341. The lowest BCUT2D eigenvalue weighted by molar-refractivity contribution is -0.147. The van der Waals surface area contributed by atoms with Gasteiger partial charge in [0.15, 0.2) is 0 Å². The number of fused-ring (bicyclic) bond motifs is 1. The van der Waals surface area contributed by atoms with E-state index in [1.165, 1.54) is 24.3 Å². The molecule has 9 atom stereocenters. The average molecular weight is 902 g/mol. The molecule has 0 unspecified atom stereocenters. The largest absolute Gasteiger partial charge is 0.444 e. The third kappa shape index (κ3) is 14.8. The molecule has 4 heterocycles. The van der Waals surface area contributed by atoms with Crippen LogP contribution in [0, 0.1) is 6.92 Å². The number of aliphatic hydroxyl groups is 4. The number of ether oxygens (including phenoxy) is 5. The summed E-state index contributed by atoms with van der Waals surface area (Å²) in [6.07, 6.45) is -10.4. The van der Waals surface area contributed by atoms with Crippen LogP contribution in [0.1, 0.15) is 54.5 Å². The zero-order valence-electron chi connectivity index (χ0n) is 33.3. The zero-order chi connectivity index (χ0) is 44.9. The first-order valence-corrected chi connectivity index (χ1v) is 19.6. The van der Waals surface area contributed by atoms with Crippen molar-refractivity contribution in [2.24, 2.45) is 0 Å². The molecule has 1 aromatic rings. The molecular weight excluding hydrogens is 844 g/mol. The minimum absolute atomic E-state index is 0. The number of carbonyl (C=O) groups excluding carboxylic acids is 2. The van der Waals surface area contributed by atoms with Crippen LogP contribution in [0.15, 0.2) is 29.2 Å². The fourth-order valence-corrected chi connectivity index (χ4v) is 6.84. The monoisotopic (exact) mass is 901 g/mol. The topological polar surface area (TPSA) is 241 Å². The van der Waals surface area contributed by atoms with Crippen molar-refractivity contribution >= 4 is 22.3 Å². The predicted octanol–water partition coefficient (Wildman–Crippen LogP) is 2.24. The molecule has 4 aliphatic rings. The molecule has 24 heteroatoms. The summed E-state index contributed by atoms with van der Waals surface area (Å²) in [5.41, 5.74) is -0.875. The molecule has 1 aromatic carbocycles. The highest BCUT2D eigenvalue weighted by Crippen LogP contribution is 2.35. The van der Waals surface area contributed by atoms with Crippen molar-refractivity contribution in [2.45, 2.75) is 145 Å². The van der Waals surface area contributed by atoms with E-state index in [-0.39, 0.29) is 32.1 Å². The van der Waals surface area contributed by atoms with E-state index in [2.05, 4.69) is 20.1 Å². The van der Waals surface area contributed by atoms with Gasteiger partial charge in [0.25, 0.3) is 27.9 Å². The first kappa shape index (κ1) is 53.1. The summed E-state index contributed by atoms with van der Waals surface area (Å²) >= 11 is 0. The Bertz CT molecular complexity index is 1670. The Morgan fingerprint density at radius 1 is 0.800 bits per heavy atom. The number of hydrogen-bond donors (Lipinski definition) is 7. The molecule has 2 amide bonds. The first-order chi connectivity index (χ1) is 26.9. The van der Waals surface area contributed by atoms with Gasteiger partial charge in [-0.15, -0.1) is 0 Å². The van der Waals surface area contributed by atoms with E-state index in [4.69, 9.17) is 33.9 Å².